The fourth-order valence-electron chi connectivity index (χ4n) is 1.86. The van der Waals surface area contributed by atoms with Crippen molar-refractivity contribution in [1.29, 1.82) is 0 Å². The number of halogens is 2. The number of hydrogen-bond donors (Lipinski definition) is 2. The quantitative estimate of drug-likeness (QED) is 0.812. The highest BCUT2D eigenvalue weighted by Crippen LogP contribution is 2.25. The summed E-state index contributed by atoms with van der Waals surface area (Å²) in [5, 5.41) is 6.71. The van der Waals surface area contributed by atoms with Gasteiger partial charge in [0.25, 0.3) is 0 Å². The Morgan fingerprint density at radius 1 is 1.50 bits per heavy atom. The first-order chi connectivity index (χ1) is 10.0. The molecule has 3 N–H and O–H groups in total. The van der Waals surface area contributed by atoms with Crippen molar-refractivity contribution in [1.82, 2.24) is 5.16 Å². The van der Waals surface area contributed by atoms with Gasteiger partial charge in [0.05, 0.1) is 24.2 Å². The molecule has 22 heavy (non-hydrogen) atoms. The van der Waals surface area contributed by atoms with Crippen LogP contribution in [0.1, 0.15) is 17.7 Å². The van der Waals surface area contributed by atoms with Crippen molar-refractivity contribution in [2.45, 2.75) is 19.8 Å². The molecule has 8 heteroatoms. The Labute approximate surface area is 139 Å². The topological polar surface area (TPSA) is 90.4 Å². The van der Waals surface area contributed by atoms with Gasteiger partial charge in [-0.05, 0) is 37.1 Å². The van der Waals surface area contributed by atoms with Crippen molar-refractivity contribution in [3.8, 4) is 5.75 Å². The van der Waals surface area contributed by atoms with Crippen LogP contribution >= 0.6 is 24.0 Å². The zero-order valence-electron chi connectivity index (χ0n) is 12.2. The molecule has 0 saturated carbocycles. The number of benzene rings is 1. The molecule has 2 aromatic rings. The summed E-state index contributed by atoms with van der Waals surface area (Å²) in [5.74, 6) is 0.448. The molecule has 6 nitrogen and oxygen atoms in total. The summed E-state index contributed by atoms with van der Waals surface area (Å²) < 4.78 is 9.94. The molecule has 0 bridgehead atoms. The van der Waals surface area contributed by atoms with Crippen molar-refractivity contribution in [2.75, 3.05) is 18.2 Å². The molecule has 0 aliphatic carbocycles. The van der Waals surface area contributed by atoms with Crippen molar-refractivity contribution >= 4 is 41.3 Å². The van der Waals surface area contributed by atoms with Gasteiger partial charge < -0.3 is 20.3 Å². The van der Waals surface area contributed by atoms with E-state index < -0.39 is 0 Å². The van der Waals surface area contributed by atoms with Crippen LogP contribution in [0.15, 0.2) is 22.7 Å². The lowest BCUT2D eigenvalue weighted by molar-refractivity contribution is -0.116. The summed E-state index contributed by atoms with van der Waals surface area (Å²) in [4.78, 5) is 12.0. The predicted octanol–water partition coefficient (Wildman–Crippen LogP) is 3.22. The Hall–Kier alpha value is -1.92. The highest BCUT2D eigenvalue weighted by Gasteiger charge is 2.13. The number of nitrogens with two attached hydrogens (primary N) is 1. The first-order valence-corrected chi connectivity index (χ1v) is 6.73. The maximum Gasteiger partial charge on any atom is 0.229 e. The molecular formula is C14H17Cl2N3O3. The number of methoxy groups -OCH3 is 1. The molecule has 0 radical (unpaired) electrons. The van der Waals surface area contributed by atoms with Gasteiger partial charge in [-0.1, -0.05) is 5.16 Å². The molecule has 0 aliphatic rings. The molecule has 1 amide bonds. The van der Waals surface area contributed by atoms with Gasteiger partial charge in [0, 0.05) is 18.1 Å². The number of rotatable bonds is 5. The summed E-state index contributed by atoms with van der Waals surface area (Å²) in [5.41, 5.74) is 8.24. The van der Waals surface area contributed by atoms with Gasteiger partial charge in [-0.2, -0.15) is 0 Å². The average Bonchev–Trinajstić information content (AvgIpc) is 2.78. The Kier molecular flexibility index (Phi) is 6.52. The molecule has 1 aromatic carbocycles. The largest absolute Gasteiger partial charge is 0.497 e. The van der Waals surface area contributed by atoms with Crippen LogP contribution in [0.3, 0.4) is 0 Å². The van der Waals surface area contributed by atoms with Crippen LogP contribution < -0.4 is 15.8 Å². The van der Waals surface area contributed by atoms with Crippen LogP contribution in [-0.4, -0.2) is 18.2 Å². The first-order valence-electron chi connectivity index (χ1n) is 6.35. The van der Waals surface area contributed by atoms with E-state index in [-0.39, 0.29) is 30.0 Å². The maximum absolute atomic E-state index is 12.0. The van der Waals surface area contributed by atoms with E-state index in [1.165, 1.54) is 0 Å². The second kappa shape index (κ2) is 7.91. The number of aryl methyl sites for hydroxylation is 1. The highest BCUT2D eigenvalue weighted by molar-refractivity contribution is 6.29. The van der Waals surface area contributed by atoms with Crippen molar-refractivity contribution in [3.63, 3.8) is 0 Å². The molecule has 0 fully saturated rings. The number of hydrogen-bond acceptors (Lipinski definition) is 5. The SMILES string of the molecule is COc1ccc(N)c(NC(=O)CCc2c(C)noc2Cl)c1.Cl. The van der Waals surface area contributed by atoms with E-state index >= 15 is 0 Å². The fourth-order valence-corrected chi connectivity index (χ4v) is 2.13. The number of anilines is 2. The van der Waals surface area contributed by atoms with Gasteiger partial charge in [0.2, 0.25) is 11.1 Å². The molecule has 0 atom stereocenters. The van der Waals surface area contributed by atoms with E-state index in [0.717, 1.165) is 5.56 Å². The third kappa shape index (κ3) is 4.29. The number of nitrogens with zero attached hydrogens (tertiary/aromatic N) is 1. The van der Waals surface area contributed by atoms with Gasteiger partial charge in [-0.3, -0.25) is 4.79 Å². The number of nitrogen functional groups attached to an aromatic ring is 1. The van der Waals surface area contributed by atoms with Crippen LogP contribution in [0.4, 0.5) is 11.4 Å². The molecule has 1 aromatic heterocycles. The van der Waals surface area contributed by atoms with Crippen LogP contribution in [0, 0.1) is 6.92 Å². The molecule has 0 unspecified atom stereocenters. The second-order valence-corrected chi connectivity index (χ2v) is 4.86. The summed E-state index contributed by atoms with van der Waals surface area (Å²) >= 11 is 5.86. The zero-order valence-corrected chi connectivity index (χ0v) is 13.8. The van der Waals surface area contributed by atoms with Gasteiger partial charge >= 0.3 is 0 Å². The lowest BCUT2D eigenvalue weighted by atomic mass is 10.1. The second-order valence-electron chi connectivity index (χ2n) is 4.52. The molecule has 2 rings (SSSR count). The van der Waals surface area contributed by atoms with Crippen molar-refractivity contribution in [2.24, 2.45) is 0 Å². The minimum Gasteiger partial charge on any atom is -0.497 e. The Morgan fingerprint density at radius 2 is 2.23 bits per heavy atom. The Bertz CT molecular complexity index is 639. The van der Waals surface area contributed by atoms with Gasteiger partial charge in [-0.25, -0.2) is 0 Å². The van der Waals surface area contributed by atoms with Gasteiger partial charge in [-0.15, -0.1) is 12.4 Å². The number of ether oxygens (including phenoxy) is 1. The van der Waals surface area contributed by atoms with E-state index in [4.69, 9.17) is 26.6 Å². The van der Waals surface area contributed by atoms with E-state index in [2.05, 4.69) is 10.5 Å². The molecule has 0 saturated heterocycles. The zero-order chi connectivity index (χ0) is 15.4. The Balaban J connectivity index is 0.00000242. The monoisotopic (exact) mass is 345 g/mol. The number of carbonyl (C=O) groups excluding carboxylic acids is 1. The third-order valence-electron chi connectivity index (χ3n) is 3.07. The summed E-state index contributed by atoms with van der Waals surface area (Å²) in [6, 6.07) is 5.07. The fraction of sp³-hybridized carbons (Fsp3) is 0.286. The summed E-state index contributed by atoms with van der Waals surface area (Å²) in [6.07, 6.45) is 0.697. The lowest BCUT2D eigenvalue weighted by Gasteiger charge is -2.09. The standard InChI is InChI=1S/C14H16ClN3O3.ClH/c1-8-10(14(15)21-18-8)4-6-13(19)17-12-7-9(20-2)3-5-11(12)16;/h3,5,7H,4,6,16H2,1-2H3,(H,17,19);1H. The number of amides is 1. The van der Waals surface area contributed by atoms with Crippen molar-refractivity contribution in [3.05, 3.63) is 34.7 Å². The first kappa shape index (κ1) is 18.1. The van der Waals surface area contributed by atoms with Crippen molar-refractivity contribution < 1.29 is 14.1 Å². The van der Waals surface area contributed by atoms with E-state index in [1.54, 1.807) is 32.2 Å². The molecule has 1 heterocycles. The molecule has 0 aliphatic heterocycles. The highest BCUT2D eigenvalue weighted by atomic mass is 35.5. The summed E-state index contributed by atoms with van der Waals surface area (Å²) in [6.45, 7) is 1.78. The smallest absolute Gasteiger partial charge is 0.229 e. The van der Waals surface area contributed by atoms with Crippen LogP contribution in [0.5, 0.6) is 5.75 Å². The lowest BCUT2D eigenvalue weighted by Crippen LogP contribution is -2.13. The minimum absolute atomic E-state index is 0. The summed E-state index contributed by atoms with van der Waals surface area (Å²) in [7, 11) is 1.55. The minimum atomic E-state index is -0.174. The van der Waals surface area contributed by atoms with Crippen LogP contribution in [-0.2, 0) is 11.2 Å². The van der Waals surface area contributed by atoms with E-state index in [0.29, 0.717) is 29.2 Å². The number of nitrogens with one attached hydrogen (secondary N) is 1. The molecule has 120 valence electrons. The van der Waals surface area contributed by atoms with Gasteiger partial charge in [0.1, 0.15) is 5.75 Å². The molecular weight excluding hydrogens is 329 g/mol. The average molecular weight is 346 g/mol. The predicted molar refractivity (Wildman–Crippen MR) is 87.9 cm³/mol. The number of carbonyl (C=O) groups is 1. The Morgan fingerprint density at radius 3 is 2.82 bits per heavy atom. The van der Waals surface area contributed by atoms with Crippen LogP contribution in [0.2, 0.25) is 5.22 Å². The van der Waals surface area contributed by atoms with E-state index in [1.807, 2.05) is 0 Å². The molecule has 0 spiro atoms. The number of aromatic nitrogens is 1. The normalized spacial score (nSPS) is 9.95. The van der Waals surface area contributed by atoms with Gasteiger partial charge in [0.15, 0.2) is 0 Å². The van der Waals surface area contributed by atoms with Crippen LogP contribution in [0.25, 0.3) is 0 Å². The third-order valence-corrected chi connectivity index (χ3v) is 3.37. The maximum atomic E-state index is 12.0. The van der Waals surface area contributed by atoms with E-state index in [9.17, 15) is 4.79 Å².